The van der Waals surface area contributed by atoms with Gasteiger partial charge in [-0.2, -0.15) is 0 Å². The fourth-order valence-electron chi connectivity index (χ4n) is 3.75. The number of anilines is 2. The molecule has 34 heavy (non-hydrogen) atoms. The molecule has 0 radical (unpaired) electrons. The maximum absolute atomic E-state index is 13.5. The Hall–Kier alpha value is -3.98. The van der Waals surface area contributed by atoms with Crippen molar-refractivity contribution in [3.63, 3.8) is 0 Å². The van der Waals surface area contributed by atoms with Crippen molar-refractivity contribution in [1.82, 2.24) is 4.57 Å². The van der Waals surface area contributed by atoms with Crippen molar-refractivity contribution < 1.29 is 22.4 Å². The summed E-state index contributed by atoms with van der Waals surface area (Å²) in [5, 5.41) is 5.90. The molecule has 0 aliphatic carbocycles. The summed E-state index contributed by atoms with van der Waals surface area (Å²) in [6, 6.07) is 19.1. The Morgan fingerprint density at radius 3 is 2.35 bits per heavy atom. The molecule has 0 aliphatic heterocycles. The number of benzene rings is 3. The van der Waals surface area contributed by atoms with Gasteiger partial charge in [0.05, 0.1) is 10.6 Å². The summed E-state index contributed by atoms with van der Waals surface area (Å²) < 4.78 is 41.5. The molecule has 0 fully saturated rings. The number of fused-ring (bicyclic) bond motifs is 1. The predicted molar refractivity (Wildman–Crippen MR) is 129 cm³/mol. The number of aromatic nitrogens is 1. The number of para-hydroxylation sites is 1. The normalized spacial score (nSPS) is 11.4. The highest BCUT2D eigenvalue weighted by Gasteiger charge is 2.22. The molecular weight excluding hydrogens is 457 g/mol. The van der Waals surface area contributed by atoms with Gasteiger partial charge < -0.3 is 15.2 Å². The average Bonchev–Trinajstić information content (AvgIpc) is 3.12. The van der Waals surface area contributed by atoms with Crippen molar-refractivity contribution in [3.8, 4) is 0 Å². The molecule has 0 saturated heterocycles. The molecule has 1 aromatic heterocycles. The largest absolute Gasteiger partial charge is 0.337 e. The second kappa shape index (κ2) is 9.48. The SMILES string of the molecule is CC(=O)Nc1cccc(NC(=O)Cn2cc(S(=O)(=O)Cc3cccc(F)c3)c3ccccc32)c1. The van der Waals surface area contributed by atoms with Crippen LogP contribution in [0.15, 0.2) is 83.9 Å². The predicted octanol–water partition coefficient (Wildman–Crippen LogP) is 4.35. The first kappa shape index (κ1) is 23.2. The van der Waals surface area contributed by atoms with Crippen molar-refractivity contribution in [1.29, 1.82) is 0 Å². The molecule has 4 rings (SSSR count). The summed E-state index contributed by atoms with van der Waals surface area (Å²) in [4.78, 5) is 24.1. The maximum atomic E-state index is 13.5. The van der Waals surface area contributed by atoms with Crippen molar-refractivity contribution in [2.45, 2.75) is 24.1 Å². The molecule has 9 heteroatoms. The van der Waals surface area contributed by atoms with Crippen LogP contribution in [0.1, 0.15) is 12.5 Å². The van der Waals surface area contributed by atoms with E-state index in [4.69, 9.17) is 0 Å². The number of carbonyl (C=O) groups excluding carboxylic acids is 2. The summed E-state index contributed by atoms with van der Waals surface area (Å²) in [5.74, 6) is -1.46. The lowest BCUT2D eigenvalue weighted by Crippen LogP contribution is -2.18. The number of rotatable bonds is 7. The first-order chi connectivity index (χ1) is 16.2. The molecule has 3 aromatic carbocycles. The lowest BCUT2D eigenvalue weighted by molar-refractivity contribution is -0.116. The van der Waals surface area contributed by atoms with Crippen LogP contribution in [0.25, 0.3) is 10.9 Å². The molecule has 0 saturated carbocycles. The molecule has 0 unspecified atom stereocenters. The minimum absolute atomic E-state index is 0.0767. The molecule has 7 nitrogen and oxygen atoms in total. The zero-order valence-corrected chi connectivity index (χ0v) is 19.1. The zero-order chi connectivity index (χ0) is 24.3. The summed E-state index contributed by atoms with van der Waals surface area (Å²) in [6.07, 6.45) is 1.44. The van der Waals surface area contributed by atoms with Gasteiger partial charge >= 0.3 is 0 Å². The highest BCUT2D eigenvalue weighted by Crippen LogP contribution is 2.28. The molecule has 0 aliphatic rings. The third-order valence-corrected chi connectivity index (χ3v) is 6.82. The van der Waals surface area contributed by atoms with Crippen LogP contribution in [0.2, 0.25) is 0 Å². The minimum Gasteiger partial charge on any atom is -0.337 e. The first-order valence-corrected chi connectivity index (χ1v) is 12.1. The van der Waals surface area contributed by atoms with Gasteiger partial charge in [0.1, 0.15) is 12.4 Å². The van der Waals surface area contributed by atoms with E-state index in [1.165, 1.54) is 31.3 Å². The highest BCUT2D eigenvalue weighted by molar-refractivity contribution is 7.90. The topological polar surface area (TPSA) is 97.3 Å². The van der Waals surface area contributed by atoms with Gasteiger partial charge in [-0.1, -0.05) is 36.4 Å². The smallest absolute Gasteiger partial charge is 0.244 e. The van der Waals surface area contributed by atoms with Crippen LogP contribution in [0, 0.1) is 5.82 Å². The Morgan fingerprint density at radius 1 is 0.912 bits per heavy atom. The number of halogens is 1. The zero-order valence-electron chi connectivity index (χ0n) is 18.3. The fraction of sp³-hybridized carbons (Fsp3) is 0.120. The third kappa shape index (κ3) is 5.32. The van der Waals surface area contributed by atoms with E-state index in [1.54, 1.807) is 59.2 Å². The summed E-state index contributed by atoms with van der Waals surface area (Å²) in [6.45, 7) is 1.27. The van der Waals surface area contributed by atoms with E-state index in [2.05, 4.69) is 10.6 Å². The Kier molecular flexibility index (Phi) is 6.47. The Balaban J connectivity index is 1.59. The molecule has 0 spiro atoms. The monoisotopic (exact) mass is 479 g/mol. The van der Waals surface area contributed by atoms with Gasteiger partial charge in [-0.3, -0.25) is 9.59 Å². The Bertz CT molecular complexity index is 1500. The Labute approximate surface area is 196 Å². The van der Waals surface area contributed by atoms with E-state index in [-0.39, 0.29) is 29.0 Å². The van der Waals surface area contributed by atoms with E-state index in [1.807, 2.05) is 0 Å². The van der Waals surface area contributed by atoms with Gasteiger partial charge in [-0.05, 0) is 42.0 Å². The lowest BCUT2D eigenvalue weighted by atomic mass is 10.2. The molecular formula is C25H22FN3O4S. The number of sulfone groups is 1. The van der Waals surface area contributed by atoms with Gasteiger partial charge in [-0.25, -0.2) is 12.8 Å². The van der Waals surface area contributed by atoms with Crippen molar-refractivity contribution in [3.05, 3.63) is 90.4 Å². The van der Waals surface area contributed by atoms with E-state index >= 15 is 0 Å². The number of hydrogen-bond donors (Lipinski definition) is 2. The highest BCUT2D eigenvalue weighted by atomic mass is 32.2. The standard InChI is InChI=1S/C25H22FN3O4S/c1-17(30)27-20-8-5-9-21(13-20)28-25(31)15-29-14-24(22-10-2-3-11-23(22)29)34(32,33)16-18-6-4-7-19(26)12-18/h2-14H,15-16H2,1H3,(H,27,30)(H,28,31). The molecule has 174 valence electrons. The van der Waals surface area contributed by atoms with Gasteiger partial charge in [0.15, 0.2) is 9.84 Å². The van der Waals surface area contributed by atoms with Crippen LogP contribution >= 0.6 is 0 Å². The van der Waals surface area contributed by atoms with Gasteiger partial charge in [0, 0.05) is 35.4 Å². The van der Waals surface area contributed by atoms with Crippen molar-refractivity contribution in [2.24, 2.45) is 0 Å². The summed E-state index contributed by atoms with van der Waals surface area (Å²) >= 11 is 0. The molecule has 2 amide bonds. The summed E-state index contributed by atoms with van der Waals surface area (Å²) in [5.41, 5.74) is 1.96. The first-order valence-electron chi connectivity index (χ1n) is 10.4. The fourth-order valence-corrected chi connectivity index (χ4v) is 5.32. The molecule has 2 N–H and O–H groups in total. The maximum Gasteiger partial charge on any atom is 0.244 e. The quantitative estimate of drug-likeness (QED) is 0.412. The number of nitrogens with one attached hydrogen (secondary N) is 2. The van der Waals surface area contributed by atoms with Crippen LogP contribution in [-0.2, 0) is 31.7 Å². The van der Waals surface area contributed by atoms with E-state index in [0.717, 1.165) is 0 Å². The second-order valence-corrected chi connectivity index (χ2v) is 9.80. The van der Waals surface area contributed by atoms with Crippen LogP contribution in [0.3, 0.4) is 0 Å². The number of nitrogens with zero attached hydrogens (tertiary/aromatic N) is 1. The minimum atomic E-state index is -3.81. The van der Waals surface area contributed by atoms with E-state index in [0.29, 0.717) is 27.8 Å². The summed E-state index contributed by atoms with van der Waals surface area (Å²) in [7, 11) is -3.81. The van der Waals surface area contributed by atoms with Crippen molar-refractivity contribution >= 4 is 43.9 Å². The molecule has 1 heterocycles. The average molecular weight is 480 g/mol. The van der Waals surface area contributed by atoms with Crippen LogP contribution in [-0.4, -0.2) is 24.8 Å². The Morgan fingerprint density at radius 2 is 1.62 bits per heavy atom. The number of carbonyl (C=O) groups is 2. The van der Waals surface area contributed by atoms with Gasteiger partial charge in [0.2, 0.25) is 11.8 Å². The van der Waals surface area contributed by atoms with Crippen LogP contribution in [0.5, 0.6) is 0 Å². The van der Waals surface area contributed by atoms with E-state index in [9.17, 15) is 22.4 Å². The lowest BCUT2D eigenvalue weighted by Gasteiger charge is -2.09. The van der Waals surface area contributed by atoms with Gasteiger partial charge in [0.25, 0.3) is 0 Å². The molecule has 4 aromatic rings. The van der Waals surface area contributed by atoms with Crippen molar-refractivity contribution in [2.75, 3.05) is 10.6 Å². The van der Waals surface area contributed by atoms with E-state index < -0.39 is 15.7 Å². The number of amides is 2. The van der Waals surface area contributed by atoms with Crippen LogP contribution in [0.4, 0.5) is 15.8 Å². The molecule has 0 atom stereocenters. The van der Waals surface area contributed by atoms with Crippen LogP contribution < -0.4 is 10.6 Å². The van der Waals surface area contributed by atoms with Gasteiger partial charge in [-0.15, -0.1) is 0 Å². The second-order valence-electron chi connectivity index (χ2n) is 7.84. The number of hydrogen-bond acceptors (Lipinski definition) is 4. The molecule has 0 bridgehead atoms. The third-order valence-electron chi connectivity index (χ3n) is 5.11.